The summed E-state index contributed by atoms with van der Waals surface area (Å²) in [5, 5.41) is 2.86. The van der Waals surface area contributed by atoms with Crippen molar-refractivity contribution in [3.05, 3.63) is 66.1 Å². The fourth-order valence-corrected chi connectivity index (χ4v) is 2.62. The molecule has 0 atom stereocenters. The van der Waals surface area contributed by atoms with Crippen LogP contribution < -0.4 is 14.8 Å². The topological polar surface area (TPSA) is 64.9 Å². The van der Waals surface area contributed by atoms with Crippen molar-refractivity contribution in [2.75, 3.05) is 20.8 Å². The van der Waals surface area contributed by atoms with E-state index in [0.29, 0.717) is 24.5 Å². The third-order valence-electron chi connectivity index (χ3n) is 3.95. The van der Waals surface area contributed by atoms with Crippen molar-refractivity contribution < 1.29 is 14.3 Å². The SMILES string of the molecule is COc1ccc(OC)c(/C=C/C(=O)NCCc2cn3ccccc3n2)c1. The van der Waals surface area contributed by atoms with Crippen LogP contribution in [0.25, 0.3) is 11.7 Å². The summed E-state index contributed by atoms with van der Waals surface area (Å²) >= 11 is 0. The van der Waals surface area contributed by atoms with Gasteiger partial charge in [0.05, 0.1) is 19.9 Å². The predicted octanol–water partition coefficient (Wildman–Crippen LogP) is 2.72. The minimum Gasteiger partial charge on any atom is -0.497 e. The Morgan fingerprint density at radius 1 is 1.23 bits per heavy atom. The fourth-order valence-electron chi connectivity index (χ4n) is 2.62. The van der Waals surface area contributed by atoms with Crippen LogP contribution in [0.4, 0.5) is 0 Å². The molecule has 3 rings (SSSR count). The van der Waals surface area contributed by atoms with Gasteiger partial charge in [-0.3, -0.25) is 4.79 Å². The van der Waals surface area contributed by atoms with E-state index in [0.717, 1.165) is 16.9 Å². The van der Waals surface area contributed by atoms with Gasteiger partial charge in [-0.05, 0) is 36.4 Å². The number of pyridine rings is 1. The second kappa shape index (κ2) is 8.20. The number of imidazole rings is 1. The van der Waals surface area contributed by atoms with Gasteiger partial charge in [-0.1, -0.05) is 6.07 Å². The van der Waals surface area contributed by atoms with Crippen molar-refractivity contribution in [1.82, 2.24) is 14.7 Å². The van der Waals surface area contributed by atoms with Gasteiger partial charge in [0, 0.05) is 37.0 Å². The molecular weight excluding hydrogens is 330 g/mol. The molecule has 0 aliphatic heterocycles. The molecule has 0 aliphatic carbocycles. The Morgan fingerprint density at radius 2 is 2.12 bits per heavy atom. The Hall–Kier alpha value is -3.28. The molecule has 134 valence electrons. The van der Waals surface area contributed by atoms with Crippen LogP contribution in [-0.2, 0) is 11.2 Å². The number of aromatic nitrogens is 2. The van der Waals surface area contributed by atoms with Gasteiger partial charge in [0.2, 0.25) is 5.91 Å². The van der Waals surface area contributed by atoms with E-state index in [1.54, 1.807) is 26.4 Å². The van der Waals surface area contributed by atoms with Crippen molar-refractivity contribution in [3.8, 4) is 11.5 Å². The lowest BCUT2D eigenvalue weighted by atomic mass is 10.1. The van der Waals surface area contributed by atoms with E-state index in [1.165, 1.54) is 6.08 Å². The van der Waals surface area contributed by atoms with Crippen LogP contribution in [0.15, 0.2) is 54.9 Å². The monoisotopic (exact) mass is 351 g/mol. The van der Waals surface area contributed by atoms with E-state index in [1.807, 2.05) is 47.1 Å². The first-order valence-corrected chi connectivity index (χ1v) is 8.30. The maximum Gasteiger partial charge on any atom is 0.244 e. The average Bonchev–Trinajstić information content (AvgIpc) is 3.08. The molecule has 1 N–H and O–H groups in total. The van der Waals surface area contributed by atoms with Crippen LogP contribution >= 0.6 is 0 Å². The normalized spacial score (nSPS) is 11.0. The van der Waals surface area contributed by atoms with Crippen LogP contribution in [0.3, 0.4) is 0 Å². The Bertz CT molecular complexity index is 898. The van der Waals surface area contributed by atoms with Crippen LogP contribution in [0.2, 0.25) is 0 Å². The number of benzene rings is 1. The molecule has 0 spiro atoms. The molecule has 3 aromatic rings. The molecule has 0 fully saturated rings. The van der Waals surface area contributed by atoms with Gasteiger partial charge in [0.15, 0.2) is 0 Å². The van der Waals surface area contributed by atoms with Crippen LogP contribution in [-0.4, -0.2) is 36.1 Å². The van der Waals surface area contributed by atoms with Gasteiger partial charge >= 0.3 is 0 Å². The number of carbonyl (C=O) groups is 1. The smallest absolute Gasteiger partial charge is 0.244 e. The third-order valence-corrected chi connectivity index (χ3v) is 3.95. The van der Waals surface area contributed by atoms with Crippen molar-refractivity contribution in [3.63, 3.8) is 0 Å². The number of carbonyl (C=O) groups excluding carboxylic acids is 1. The number of rotatable bonds is 7. The van der Waals surface area contributed by atoms with E-state index >= 15 is 0 Å². The molecule has 2 heterocycles. The highest BCUT2D eigenvalue weighted by molar-refractivity contribution is 5.92. The number of nitrogens with one attached hydrogen (secondary N) is 1. The highest BCUT2D eigenvalue weighted by Gasteiger charge is 2.04. The largest absolute Gasteiger partial charge is 0.497 e. The molecule has 1 amide bonds. The summed E-state index contributed by atoms with van der Waals surface area (Å²) in [6.45, 7) is 0.516. The maximum absolute atomic E-state index is 12.0. The van der Waals surface area contributed by atoms with Crippen molar-refractivity contribution in [1.29, 1.82) is 0 Å². The quantitative estimate of drug-likeness (QED) is 0.665. The minimum atomic E-state index is -0.168. The van der Waals surface area contributed by atoms with E-state index in [4.69, 9.17) is 9.47 Å². The summed E-state index contributed by atoms with van der Waals surface area (Å²) in [4.78, 5) is 16.5. The number of fused-ring (bicyclic) bond motifs is 1. The van der Waals surface area contributed by atoms with Crippen LogP contribution in [0.1, 0.15) is 11.3 Å². The number of amides is 1. The number of hydrogen-bond acceptors (Lipinski definition) is 4. The zero-order valence-electron chi connectivity index (χ0n) is 14.8. The molecular formula is C20H21N3O3. The number of hydrogen-bond donors (Lipinski definition) is 1. The zero-order chi connectivity index (χ0) is 18.4. The summed E-state index contributed by atoms with van der Waals surface area (Å²) in [6, 6.07) is 11.3. The third kappa shape index (κ3) is 4.22. The predicted molar refractivity (Wildman–Crippen MR) is 100 cm³/mol. The Kier molecular flexibility index (Phi) is 5.53. The van der Waals surface area contributed by atoms with E-state index < -0.39 is 0 Å². The first-order valence-electron chi connectivity index (χ1n) is 8.30. The molecule has 0 bridgehead atoms. The van der Waals surface area contributed by atoms with Gasteiger partial charge in [-0.15, -0.1) is 0 Å². The van der Waals surface area contributed by atoms with E-state index in [2.05, 4.69) is 10.3 Å². The first-order chi connectivity index (χ1) is 12.7. The summed E-state index contributed by atoms with van der Waals surface area (Å²) in [5.41, 5.74) is 2.62. The highest BCUT2D eigenvalue weighted by Crippen LogP contribution is 2.24. The van der Waals surface area contributed by atoms with Crippen LogP contribution in [0, 0.1) is 0 Å². The lowest BCUT2D eigenvalue weighted by Gasteiger charge is -2.07. The van der Waals surface area contributed by atoms with E-state index in [9.17, 15) is 4.79 Å². The Labute approximate surface area is 152 Å². The minimum absolute atomic E-state index is 0.168. The Balaban J connectivity index is 1.56. The summed E-state index contributed by atoms with van der Waals surface area (Å²) in [7, 11) is 3.19. The Morgan fingerprint density at radius 3 is 2.88 bits per heavy atom. The van der Waals surface area contributed by atoms with Crippen molar-refractivity contribution in [2.24, 2.45) is 0 Å². The molecule has 2 aromatic heterocycles. The van der Waals surface area contributed by atoms with Crippen molar-refractivity contribution >= 4 is 17.6 Å². The summed E-state index contributed by atoms with van der Waals surface area (Å²) < 4.78 is 12.5. The molecule has 0 unspecified atom stereocenters. The molecule has 0 radical (unpaired) electrons. The second-order valence-corrected chi connectivity index (χ2v) is 5.68. The summed E-state index contributed by atoms with van der Waals surface area (Å²) in [5.74, 6) is 1.22. The lowest BCUT2D eigenvalue weighted by molar-refractivity contribution is -0.116. The molecule has 6 heteroatoms. The number of nitrogens with zero attached hydrogens (tertiary/aromatic N) is 2. The van der Waals surface area contributed by atoms with Crippen molar-refractivity contribution in [2.45, 2.75) is 6.42 Å². The van der Waals surface area contributed by atoms with Gasteiger partial charge in [-0.25, -0.2) is 4.98 Å². The molecule has 0 saturated heterocycles. The van der Waals surface area contributed by atoms with Gasteiger partial charge in [-0.2, -0.15) is 0 Å². The highest BCUT2D eigenvalue weighted by atomic mass is 16.5. The van der Waals surface area contributed by atoms with Gasteiger partial charge in [0.25, 0.3) is 0 Å². The average molecular weight is 351 g/mol. The van der Waals surface area contributed by atoms with E-state index in [-0.39, 0.29) is 5.91 Å². The zero-order valence-corrected chi connectivity index (χ0v) is 14.8. The summed E-state index contributed by atoms with van der Waals surface area (Å²) in [6.07, 6.45) is 7.79. The van der Waals surface area contributed by atoms with Gasteiger partial charge < -0.3 is 19.2 Å². The van der Waals surface area contributed by atoms with Crippen LogP contribution in [0.5, 0.6) is 11.5 Å². The number of methoxy groups -OCH3 is 2. The van der Waals surface area contributed by atoms with Gasteiger partial charge in [0.1, 0.15) is 17.1 Å². The first kappa shape index (κ1) is 17.5. The molecule has 0 saturated carbocycles. The maximum atomic E-state index is 12.0. The molecule has 0 aliphatic rings. The molecule has 26 heavy (non-hydrogen) atoms. The standard InChI is InChI=1S/C20H21N3O3/c1-25-17-7-8-18(26-2)15(13-17)6-9-20(24)21-11-10-16-14-23-12-4-3-5-19(23)22-16/h3-9,12-14H,10-11H2,1-2H3,(H,21,24)/b9-6+. The lowest BCUT2D eigenvalue weighted by Crippen LogP contribution is -2.23. The molecule has 6 nitrogen and oxygen atoms in total. The number of ether oxygens (including phenoxy) is 2. The fraction of sp³-hybridized carbons (Fsp3) is 0.200. The second-order valence-electron chi connectivity index (χ2n) is 5.68. The molecule has 1 aromatic carbocycles.